The SMILES string of the molecule is CC1=CC[C@H]2[C@H]3C1[C@@]2(C)CC[C@H]3C(C)C. The largest absolute Gasteiger partial charge is 0.0850 e. The Morgan fingerprint density at radius 1 is 1.40 bits per heavy atom. The van der Waals surface area contributed by atoms with E-state index in [-0.39, 0.29) is 0 Å². The first-order valence-electron chi connectivity index (χ1n) is 6.72. The summed E-state index contributed by atoms with van der Waals surface area (Å²) >= 11 is 0. The molecule has 0 heterocycles. The highest BCUT2D eigenvalue weighted by atomic mass is 14.7. The molecule has 2 saturated carbocycles. The van der Waals surface area contributed by atoms with E-state index in [1.165, 1.54) is 19.3 Å². The summed E-state index contributed by atoms with van der Waals surface area (Å²) in [6, 6.07) is 0. The molecule has 0 radical (unpaired) electrons. The zero-order valence-corrected chi connectivity index (χ0v) is 10.6. The molecule has 0 aromatic carbocycles. The zero-order chi connectivity index (χ0) is 10.8. The first-order chi connectivity index (χ1) is 7.05. The summed E-state index contributed by atoms with van der Waals surface area (Å²) in [5.74, 6) is 4.96. The average molecular weight is 204 g/mol. The molecular weight excluding hydrogens is 180 g/mol. The predicted molar refractivity (Wildman–Crippen MR) is 64.5 cm³/mol. The van der Waals surface area contributed by atoms with Crippen molar-refractivity contribution in [3.8, 4) is 0 Å². The molecule has 0 spiro atoms. The van der Waals surface area contributed by atoms with Crippen molar-refractivity contribution in [1.29, 1.82) is 0 Å². The summed E-state index contributed by atoms with van der Waals surface area (Å²) in [5.41, 5.74) is 2.42. The van der Waals surface area contributed by atoms with Crippen LogP contribution in [0.1, 0.15) is 47.0 Å². The van der Waals surface area contributed by atoms with E-state index in [1.54, 1.807) is 5.57 Å². The number of rotatable bonds is 1. The second kappa shape index (κ2) is 2.90. The molecule has 0 aliphatic heterocycles. The Balaban J connectivity index is 1.95. The maximum Gasteiger partial charge on any atom is -0.0115 e. The molecule has 2 fully saturated rings. The molecule has 0 N–H and O–H groups in total. The van der Waals surface area contributed by atoms with Gasteiger partial charge in [0, 0.05) is 0 Å². The lowest BCUT2D eigenvalue weighted by molar-refractivity contribution is -0.181. The highest BCUT2D eigenvalue weighted by molar-refractivity contribution is 5.28. The van der Waals surface area contributed by atoms with Crippen LogP contribution in [0.4, 0.5) is 0 Å². The highest BCUT2D eigenvalue weighted by Gasteiger charge is 2.64. The van der Waals surface area contributed by atoms with Gasteiger partial charge in [0.2, 0.25) is 0 Å². The molecule has 0 aromatic heterocycles. The van der Waals surface area contributed by atoms with Crippen LogP contribution in [0.25, 0.3) is 0 Å². The summed E-state index contributed by atoms with van der Waals surface area (Å²) in [6.45, 7) is 9.81. The van der Waals surface area contributed by atoms with Gasteiger partial charge in [0.25, 0.3) is 0 Å². The summed E-state index contributed by atoms with van der Waals surface area (Å²) in [4.78, 5) is 0. The summed E-state index contributed by atoms with van der Waals surface area (Å²) < 4.78 is 0. The molecular formula is C15H24. The first-order valence-corrected chi connectivity index (χ1v) is 6.72. The Bertz CT molecular complexity index is 312. The van der Waals surface area contributed by atoms with Crippen molar-refractivity contribution < 1.29 is 0 Å². The van der Waals surface area contributed by atoms with Crippen LogP contribution in [0.5, 0.6) is 0 Å². The van der Waals surface area contributed by atoms with Gasteiger partial charge < -0.3 is 0 Å². The smallest absolute Gasteiger partial charge is 0.0115 e. The van der Waals surface area contributed by atoms with E-state index in [2.05, 4.69) is 33.8 Å². The van der Waals surface area contributed by atoms with Crippen molar-refractivity contribution in [3.63, 3.8) is 0 Å². The highest BCUT2D eigenvalue weighted by Crippen LogP contribution is 2.71. The predicted octanol–water partition coefficient (Wildman–Crippen LogP) is 4.27. The van der Waals surface area contributed by atoms with E-state index in [0.717, 1.165) is 29.6 Å². The molecule has 4 rings (SSSR count). The number of allylic oxidation sites excluding steroid dienone is 2. The minimum absolute atomic E-state index is 0.703. The minimum Gasteiger partial charge on any atom is -0.0850 e. The molecule has 4 aliphatic rings. The molecule has 84 valence electrons. The van der Waals surface area contributed by atoms with Crippen LogP contribution in [0, 0.1) is 35.0 Å². The molecule has 0 saturated heterocycles. The lowest BCUT2D eigenvalue weighted by Gasteiger charge is -2.70. The van der Waals surface area contributed by atoms with Gasteiger partial charge in [0.05, 0.1) is 0 Å². The summed E-state index contributed by atoms with van der Waals surface area (Å²) in [7, 11) is 0. The van der Waals surface area contributed by atoms with E-state index < -0.39 is 0 Å². The third-order valence-corrected chi connectivity index (χ3v) is 5.96. The lowest BCUT2D eigenvalue weighted by atomic mass is 9.34. The Kier molecular flexibility index (Phi) is 1.92. The molecule has 1 unspecified atom stereocenters. The van der Waals surface area contributed by atoms with Gasteiger partial charge in [0.15, 0.2) is 0 Å². The van der Waals surface area contributed by atoms with E-state index in [1.807, 2.05) is 0 Å². The summed E-state index contributed by atoms with van der Waals surface area (Å²) in [5, 5.41) is 0. The topological polar surface area (TPSA) is 0 Å². The van der Waals surface area contributed by atoms with Crippen LogP contribution in [-0.2, 0) is 0 Å². The standard InChI is InChI=1S/C15H24/c1-9(2)11-7-8-15(4)12-6-5-10(3)14(15)13(11)12/h5,9,11-14H,6-8H2,1-4H3/t11-,12-,13-,14?,15-/m0/s1. The number of hydrogen-bond donors (Lipinski definition) is 0. The first kappa shape index (κ1) is 9.93. The monoisotopic (exact) mass is 204 g/mol. The molecule has 4 bridgehead atoms. The molecule has 5 atom stereocenters. The maximum absolute atomic E-state index is 2.56. The Labute approximate surface area is 94.1 Å². The Morgan fingerprint density at radius 3 is 2.73 bits per heavy atom. The molecule has 4 aliphatic carbocycles. The molecule has 0 amide bonds. The third-order valence-electron chi connectivity index (χ3n) is 5.96. The fourth-order valence-corrected chi connectivity index (χ4v) is 5.25. The Hall–Kier alpha value is -0.260. The van der Waals surface area contributed by atoms with Crippen LogP contribution >= 0.6 is 0 Å². The van der Waals surface area contributed by atoms with Gasteiger partial charge in [-0.1, -0.05) is 32.4 Å². The van der Waals surface area contributed by atoms with Crippen molar-refractivity contribution in [3.05, 3.63) is 11.6 Å². The summed E-state index contributed by atoms with van der Waals surface area (Å²) in [6.07, 6.45) is 6.90. The van der Waals surface area contributed by atoms with Crippen LogP contribution in [-0.4, -0.2) is 0 Å². The number of fused-ring (bicyclic) bond motifs is 1. The van der Waals surface area contributed by atoms with E-state index >= 15 is 0 Å². The van der Waals surface area contributed by atoms with Gasteiger partial charge in [-0.05, 0) is 61.2 Å². The van der Waals surface area contributed by atoms with Gasteiger partial charge in [-0.3, -0.25) is 0 Å². The zero-order valence-electron chi connectivity index (χ0n) is 10.6. The second-order valence-corrected chi connectivity index (χ2v) is 6.80. The lowest BCUT2D eigenvalue weighted by Crippen LogP contribution is -2.63. The minimum atomic E-state index is 0.703. The van der Waals surface area contributed by atoms with Crippen molar-refractivity contribution in [2.45, 2.75) is 47.0 Å². The van der Waals surface area contributed by atoms with E-state index in [9.17, 15) is 0 Å². The Morgan fingerprint density at radius 2 is 2.13 bits per heavy atom. The normalized spacial score (nSPS) is 52.5. The van der Waals surface area contributed by atoms with Gasteiger partial charge in [-0.2, -0.15) is 0 Å². The van der Waals surface area contributed by atoms with Gasteiger partial charge in [0.1, 0.15) is 0 Å². The van der Waals surface area contributed by atoms with Crippen LogP contribution < -0.4 is 0 Å². The molecule has 0 heteroatoms. The third kappa shape index (κ3) is 1.04. The number of hydrogen-bond acceptors (Lipinski definition) is 0. The van der Waals surface area contributed by atoms with E-state index in [4.69, 9.17) is 0 Å². The van der Waals surface area contributed by atoms with Crippen LogP contribution in [0.2, 0.25) is 0 Å². The molecule has 15 heavy (non-hydrogen) atoms. The van der Waals surface area contributed by atoms with Crippen molar-refractivity contribution >= 4 is 0 Å². The average Bonchev–Trinajstić information content (AvgIpc) is 2.17. The fourth-order valence-electron chi connectivity index (χ4n) is 5.25. The molecule has 0 aromatic rings. The van der Waals surface area contributed by atoms with Gasteiger partial charge in [-0.15, -0.1) is 0 Å². The van der Waals surface area contributed by atoms with Crippen molar-refractivity contribution in [1.82, 2.24) is 0 Å². The maximum atomic E-state index is 2.56. The van der Waals surface area contributed by atoms with E-state index in [0.29, 0.717) is 5.41 Å². The van der Waals surface area contributed by atoms with Crippen molar-refractivity contribution in [2.24, 2.45) is 35.0 Å². The van der Waals surface area contributed by atoms with Crippen LogP contribution in [0.15, 0.2) is 11.6 Å². The van der Waals surface area contributed by atoms with Crippen molar-refractivity contribution in [2.75, 3.05) is 0 Å². The van der Waals surface area contributed by atoms with Gasteiger partial charge >= 0.3 is 0 Å². The fraction of sp³-hybridized carbons (Fsp3) is 0.867. The van der Waals surface area contributed by atoms with Gasteiger partial charge in [-0.25, -0.2) is 0 Å². The van der Waals surface area contributed by atoms with Crippen LogP contribution in [0.3, 0.4) is 0 Å². The second-order valence-electron chi connectivity index (χ2n) is 6.80. The molecule has 0 nitrogen and oxygen atoms in total. The quantitative estimate of drug-likeness (QED) is 0.559.